The van der Waals surface area contributed by atoms with E-state index < -0.39 is 11.4 Å². The van der Waals surface area contributed by atoms with Crippen molar-refractivity contribution >= 4 is 11.8 Å². The molecule has 0 atom stereocenters. The topological polar surface area (TPSA) is 52.6 Å². The van der Waals surface area contributed by atoms with Crippen LogP contribution in [0.5, 0.6) is 5.75 Å². The molecule has 0 fully saturated rings. The van der Waals surface area contributed by atoms with E-state index >= 15 is 0 Å². The average Bonchev–Trinajstić information content (AvgIpc) is 2.34. The smallest absolute Gasteiger partial charge is 0.319 e. The van der Waals surface area contributed by atoms with Crippen molar-refractivity contribution in [2.45, 2.75) is 34.6 Å². The first-order valence-electron chi connectivity index (χ1n) is 6.69. The summed E-state index contributed by atoms with van der Waals surface area (Å²) in [4.78, 5) is 23.8. The molecule has 20 heavy (non-hydrogen) atoms. The van der Waals surface area contributed by atoms with E-state index in [2.05, 4.69) is 0 Å². The van der Waals surface area contributed by atoms with Gasteiger partial charge >= 0.3 is 5.97 Å². The number of hydrogen-bond donors (Lipinski definition) is 0. The Hall–Kier alpha value is -1.84. The highest BCUT2D eigenvalue weighted by Crippen LogP contribution is 2.21. The fourth-order valence-corrected chi connectivity index (χ4v) is 1.77. The zero-order valence-corrected chi connectivity index (χ0v) is 12.8. The molecule has 4 nitrogen and oxygen atoms in total. The highest BCUT2D eigenvalue weighted by atomic mass is 16.5. The number of carbonyl (C=O) groups excluding carboxylic acids is 2. The summed E-state index contributed by atoms with van der Waals surface area (Å²) < 4.78 is 10.4. The first-order valence-corrected chi connectivity index (χ1v) is 6.69. The van der Waals surface area contributed by atoms with Crippen molar-refractivity contribution in [2.24, 2.45) is 5.41 Å². The largest absolute Gasteiger partial charge is 0.486 e. The predicted molar refractivity (Wildman–Crippen MR) is 76.8 cm³/mol. The number of carbonyl (C=O) groups is 2. The summed E-state index contributed by atoms with van der Waals surface area (Å²) in [6.07, 6.45) is 0. The van der Waals surface area contributed by atoms with Gasteiger partial charge in [0.15, 0.2) is 5.78 Å². The lowest BCUT2D eigenvalue weighted by Gasteiger charge is -2.20. The number of ether oxygens (including phenoxy) is 2. The third-order valence-corrected chi connectivity index (χ3v) is 3.05. The van der Waals surface area contributed by atoms with E-state index in [1.165, 1.54) is 0 Å². The van der Waals surface area contributed by atoms with Gasteiger partial charge in [-0.2, -0.15) is 0 Å². The molecule has 0 aliphatic heterocycles. The molecule has 1 aromatic carbocycles. The number of ketones is 1. The van der Waals surface area contributed by atoms with Crippen LogP contribution >= 0.6 is 0 Å². The van der Waals surface area contributed by atoms with Crippen LogP contribution in [0, 0.1) is 19.3 Å². The van der Waals surface area contributed by atoms with Crippen LogP contribution in [0.3, 0.4) is 0 Å². The van der Waals surface area contributed by atoms with E-state index in [9.17, 15) is 9.59 Å². The summed E-state index contributed by atoms with van der Waals surface area (Å²) in [5, 5.41) is 0. The lowest BCUT2D eigenvalue weighted by molar-refractivity contribution is -0.158. The summed E-state index contributed by atoms with van der Waals surface area (Å²) >= 11 is 0. The van der Waals surface area contributed by atoms with E-state index in [1.807, 2.05) is 32.0 Å². The highest BCUT2D eigenvalue weighted by Gasteiger charge is 2.37. The van der Waals surface area contributed by atoms with Gasteiger partial charge in [0, 0.05) is 0 Å². The Bertz CT molecular complexity index is 483. The van der Waals surface area contributed by atoms with Crippen molar-refractivity contribution in [1.29, 1.82) is 0 Å². The van der Waals surface area contributed by atoms with E-state index in [0.717, 1.165) is 11.1 Å². The zero-order chi connectivity index (χ0) is 15.3. The van der Waals surface area contributed by atoms with Crippen LogP contribution in [0.2, 0.25) is 0 Å². The Morgan fingerprint density at radius 2 is 1.65 bits per heavy atom. The average molecular weight is 278 g/mol. The van der Waals surface area contributed by atoms with Crippen molar-refractivity contribution in [3.8, 4) is 5.75 Å². The number of hydrogen-bond acceptors (Lipinski definition) is 4. The predicted octanol–water partition coefficient (Wildman–Crippen LogP) is 2.84. The van der Waals surface area contributed by atoms with Crippen LogP contribution in [-0.4, -0.2) is 25.0 Å². The maximum absolute atomic E-state index is 12.1. The Kier molecular flexibility index (Phi) is 5.31. The molecule has 0 saturated heterocycles. The summed E-state index contributed by atoms with van der Waals surface area (Å²) in [6, 6.07) is 5.74. The zero-order valence-electron chi connectivity index (χ0n) is 12.8. The van der Waals surface area contributed by atoms with Gasteiger partial charge in [0.1, 0.15) is 17.8 Å². The maximum atomic E-state index is 12.1. The lowest BCUT2D eigenvalue weighted by atomic mass is 9.88. The van der Waals surface area contributed by atoms with Crippen LogP contribution in [0.4, 0.5) is 0 Å². The maximum Gasteiger partial charge on any atom is 0.319 e. The molecule has 4 heteroatoms. The Morgan fingerprint density at radius 1 is 1.10 bits per heavy atom. The number of esters is 1. The monoisotopic (exact) mass is 278 g/mol. The molecule has 0 radical (unpaired) electrons. The van der Waals surface area contributed by atoms with Crippen LogP contribution in [0.15, 0.2) is 18.2 Å². The van der Waals surface area contributed by atoms with Crippen LogP contribution in [-0.2, 0) is 14.3 Å². The van der Waals surface area contributed by atoms with Crippen molar-refractivity contribution in [2.75, 3.05) is 13.2 Å². The van der Waals surface area contributed by atoms with Gasteiger partial charge in [-0.25, -0.2) is 0 Å². The fourth-order valence-electron chi connectivity index (χ4n) is 1.77. The van der Waals surface area contributed by atoms with Crippen LogP contribution < -0.4 is 4.74 Å². The minimum atomic E-state index is -1.19. The van der Waals surface area contributed by atoms with Crippen LogP contribution in [0.1, 0.15) is 31.9 Å². The molecule has 0 bridgehead atoms. The number of benzene rings is 1. The number of Topliss-reactive ketones (excluding diaryl/α,β-unsaturated/α-hetero) is 1. The molecule has 0 spiro atoms. The Labute approximate surface area is 120 Å². The Morgan fingerprint density at radius 3 is 2.15 bits per heavy atom. The number of rotatable bonds is 6. The molecule has 1 rings (SSSR count). The van der Waals surface area contributed by atoms with Gasteiger partial charge in [-0.15, -0.1) is 0 Å². The molecule has 0 N–H and O–H groups in total. The summed E-state index contributed by atoms with van der Waals surface area (Å²) in [5.74, 6) is -0.181. The second-order valence-corrected chi connectivity index (χ2v) is 5.38. The third-order valence-electron chi connectivity index (χ3n) is 3.05. The van der Waals surface area contributed by atoms with Crippen molar-refractivity contribution in [1.82, 2.24) is 0 Å². The van der Waals surface area contributed by atoms with E-state index in [4.69, 9.17) is 9.47 Å². The van der Waals surface area contributed by atoms with Crippen molar-refractivity contribution < 1.29 is 19.1 Å². The molecule has 1 aromatic rings. The molecule has 110 valence electrons. The van der Waals surface area contributed by atoms with Crippen LogP contribution in [0.25, 0.3) is 0 Å². The van der Waals surface area contributed by atoms with E-state index in [-0.39, 0.29) is 19.0 Å². The van der Waals surface area contributed by atoms with Gasteiger partial charge < -0.3 is 9.47 Å². The fraction of sp³-hybridized carbons (Fsp3) is 0.500. The van der Waals surface area contributed by atoms with Gasteiger partial charge in [-0.1, -0.05) is 6.07 Å². The lowest BCUT2D eigenvalue weighted by Crippen LogP contribution is -2.38. The molecular weight excluding hydrogens is 256 g/mol. The molecule has 0 aliphatic carbocycles. The molecule has 0 aliphatic rings. The number of aryl methyl sites for hydroxylation is 2. The molecular formula is C16H22O4. The van der Waals surface area contributed by atoms with Gasteiger partial charge in [0.2, 0.25) is 0 Å². The molecule has 0 unspecified atom stereocenters. The van der Waals surface area contributed by atoms with Gasteiger partial charge in [-0.05, 0) is 57.9 Å². The highest BCUT2D eigenvalue weighted by molar-refractivity contribution is 6.03. The van der Waals surface area contributed by atoms with Gasteiger partial charge in [0.05, 0.1) is 6.61 Å². The first-order chi connectivity index (χ1) is 9.27. The Balaban J connectivity index is 2.69. The second kappa shape index (κ2) is 6.55. The normalized spacial score (nSPS) is 11.1. The van der Waals surface area contributed by atoms with E-state index in [1.54, 1.807) is 20.8 Å². The van der Waals surface area contributed by atoms with Gasteiger partial charge in [-0.3, -0.25) is 9.59 Å². The minimum Gasteiger partial charge on any atom is -0.486 e. The molecule has 0 amide bonds. The summed E-state index contributed by atoms with van der Waals surface area (Å²) in [7, 11) is 0. The van der Waals surface area contributed by atoms with Crippen molar-refractivity contribution in [3.05, 3.63) is 29.3 Å². The SMILES string of the molecule is CCOC(=O)C(C)(C)C(=O)COc1cc(C)cc(C)c1. The molecule has 0 saturated carbocycles. The summed E-state index contributed by atoms with van der Waals surface area (Å²) in [6.45, 7) is 8.86. The minimum absolute atomic E-state index is 0.144. The molecule has 0 heterocycles. The molecule has 0 aromatic heterocycles. The second-order valence-electron chi connectivity index (χ2n) is 5.38. The first kappa shape index (κ1) is 16.2. The van der Waals surface area contributed by atoms with E-state index in [0.29, 0.717) is 5.75 Å². The van der Waals surface area contributed by atoms with Gasteiger partial charge in [0.25, 0.3) is 0 Å². The standard InChI is InChI=1S/C16H22O4/c1-6-19-15(18)16(4,5)14(17)10-20-13-8-11(2)7-12(3)9-13/h7-9H,6,10H2,1-5H3. The third kappa shape index (κ3) is 4.08. The summed E-state index contributed by atoms with van der Waals surface area (Å²) in [5.41, 5.74) is 0.948. The van der Waals surface area contributed by atoms with Crippen molar-refractivity contribution in [3.63, 3.8) is 0 Å². The quantitative estimate of drug-likeness (QED) is 0.593.